The Morgan fingerprint density at radius 2 is 1.80 bits per heavy atom. The second kappa shape index (κ2) is 13.4. The fourth-order valence-corrected chi connectivity index (χ4v) is 1.22. The van der Waals surface area contributed by atoms with E-state index in [0.717, 1.165) is 12.0 Å². The van der Waals surface area contributed by atoms with Gasteiger partial charge in [0, 0.05) is 0 Å². The van der Waals surface area contributed by atoms with E-state index in [2.05, 4.69) is 26.8 Å². The van der Waals surface area contributed by atoms with Gasteiger partial charge < -0.3 is 5.11 Å². The van der Waals surface area contributed by atoms with Crippen molar-refractivity contribution in [1.82, 2.24) is 0 Å². The van der Waals surface area contributed by atoms with Gasteiger partial charge in [-0.3, -0.25) is 0 Å². The van der Waals surface area contributed by atoms with Crippen molar-refractivity contribution in [2.45, 2.75) is 53.9 Å². The lowest BCUT2D eigenvalue weighted by Gasteiger charge is -2.14. The van der Waals surface area contributed by atoms with Crippen LogP contribution >= 0.6 is 0 Å². The highest BCUT2D eigenvalue weighted by Gasteiger charge is 2.07. The lowest BCUT2D eigenvalue weighted by Crippen LogP contribution is -2.03. The van der Waals surface area contributed by atoms with Crippen LogP contribution in [0.2, 0.25) is 0 Å². The summed E-state index contributed by atoms with van der Waals surface area (Å²) in [7, 11) is 0. The summed E-state index contributed by atoms with van der Waals surface area (Å²) in [6.45, 7) is 10.6. The topological polar surface area (TPSA) is 20.2 Å². The van der Waals surface area contributed by atoms with E-state index in [4.69, 9.17) is 5.11 Å². The number of allylic oxidation sites excluding steroid dienone is 3. The molecule has 0 aliphatic heterocycles. The normalized spacial score (nSPS) is 18.0. The highest BCUT2D eigenvalue weighted by atomic mass is 16.3. The second-order valence-corrected chi connectivity index (χ2v) is 3.45. The fraction of sp³-hybridized carbons (Fsp3) is 0.714. The summed E-state index contributed by atoms with van der Waals surface area (Å²) in [4.78, 5) is 0. The largest absolute Gasteiger partial charge is 0.392 e. The van der Waals surface area contributed by atoms with E-state index < -0.39 is 0 Å². The maximum Gasteiger partial charge on any atom is 0.0645 e. The minimum absolute atomic E-state index is 0.223. The fourth-order valence-electron chi connectivity index (χ4n) is 1.22. The van der Waals surface area contributed by atoms with Gasteiger partial charge in [-0.25, -0.2) is 0 Å². The molecule has 1 nitrogen and oxygen atoms in total. The summed E-state index contributed by atoms with van der Waals surface area (Å²) in [6.07, 6.45) is 9.73. The number of aliphatic hydroxyl groups excluding tert-OH is 1. The van der Waals surface area contributed by atoms with Crippen LogP contribution in [0.15, 0.2) is 23.8 Å². The maximum atomic E-state index is 8.80. The Bertz CT molecular complexity index is 168. The first kappa shape index (κ1) is 16.9. The minimum Gasteiger partial charge on any atom is -0.392 e. The van der Waals surface area contributed by atoms with Crippen LogP contribution in [0.1, 0.15) is 53.9 Å². The van der Waals surface area contributed by atoms with Gasteiger partial charge in [0.1, 0.15) is 0 Å². The molecule has 0 radical (unpaired) electrons. The molecule has 0 aromatic carbocycles. The maximum absolute atomic E-state index is 8.80. The van der Waals surface area contributed by atoms with Crippen molar-refractivity contribution in [2.24, 2.45) is 5.92 Å². The highest BCUT2D eigenvalue weighted by Crippen LogP contribution is 2.20. The molecule has 0 aromatic rings. The molecular weight excluding hydrogens is 184 g/mol. The van der Waals surface area contributed by atoms with Gasteiger partial charge in [0.15, 0.2) is 0 Å². The molecule has 0 amide bonds. The molecule has 0 heterocycles. The Morgan fingerprint density at radius 1 is 1.27 bits per heavy atom. The molecule has 1 heteroatoms. The van der Waals surface area contributed by atoms with E-state index in [1.165, 1.54) is 12.8 Å². The average Bonchev–Trinajstić information content (AvgIpc) is 2.33. The molecule has 90 valence electrons. The molecule has 0 bridgehead atoms. The molecule has 0 spiro atoms. The molecule has 0 fully saturated rings. The monoisotopic (exact) mass is 212 g/mol. The Hall–Kier alpha value is -0.560. The molecule has 1 aliphatic rings. The van der Waals surface area contributed by atoms with Gasteiger partial charge in [-0.1, -0.05) is 59.3 Å². The van der Waals surface area contributed by atoms with E-state index in [1.807, 2.05) is 26.0 Å². The molecule has 0 aromatic heterocycles. The second-order valence-electron chi connectivity index (χ2n) is 3.45. The first-order valence-electron chi connectivity index (χ1n) is 6.25. The van der Waals surface area contributed by atoms with Gasteiger partial charge in [0.05, 0.1) is 6.61 Å². The zero-order valence-electron chi connectivity index (χ0n) is 11.1. The summed E-state index contributed by atoms with van der Waals surface area (Å²) in [5.41, 5.74) is 1.16. The van der Waals surface area contributed by atoms with Gasteiger partial charge in [-0.15, -0.1) is 0 Å². The average molecular weight is 212 g/mol. The lowest BCUT2D eigenvalue weighted by molar-refractivity contribution is 0.321. The predicted molar refractivity (Wildman–Crippen MR) is 70.0 cm³/mol. The van der Waals surface area contributed by atoms with Crippen molar-refractivity contribution >= 4 is 0 Å². The van der Waals surface area contributed by atoms with Gasteiger partial charge >= 0.3 is 0 Å². The van der Waals surface area contributed by atoms with Crippen molar-refractivity contribution < 1.29 is 5.11 Å². The Labute approximate surface area is 95.9 Å². The van der Waals surface area contributed by atoms with Gasteiger partial charge in [0.25, 0.3) is 0 Å². The summed E-state index contributed by atoms with van der Waals surface area (Å²) in [5, 5.41) is 8.80. The van der Waals surface area contributed by atoms with E-state index in [-0.39, 0.29) is 6.61 Å². The standard InChI is InChI=1S/C9H14O.C3H8.C2H6/c1-2-8-4-3-5-9(6-8)7-10;1-3-2;1-2/h3-5,8,10H,2,6-7H2,1H3;3H2,1-2H3;1-2H3. The number of rotatable bonds is 2. The van der Waals surface area contributed by atoms with Crippen molar-refractivity contribution in [3.8, 4) is 0 Å². The molecule has 0 saturated carbocycles. The molecule has 1 rings (SSSR count). The van der Waals surface area contributed by atoms with Crippen molar-refractivity contribution in [3.63, 3.8) is 0 Å². The van der Waals surface area contributed by atoms with E-state index in [0.29, 0.717) is 5.92 Å². The molecule has 1 unspecified atom stereocenters. The van der Waals surface area contributed by atoms with E-state index in [9.17, 15) is 0 Å². The third-order valence-electron chi connectivity index (χ3n) is 1.97. The van der Waals surface area contributed by atoms with Crippen LogP contribution in [0.3, 0.4) is 0 Å². The molecule has 1 aliphatic carbocycles. The minimum atomic E-state index is 0.223. The molecule has 15 heavy (non-hydrogen) atoms. The van der Waals surface area contributed by atoms with Crippen LogP contribution in [0.4, 0.5) is 0 Å². The quantitative estimate of drug-likeness (QED) is 0.722. The summed E-state index contributed by atoms with van der Waals surface area (Å²) in [5.74, 6) is 0.659. The first-order valence-corrected chi connectivity index (χ1v) is 6.25. The summed E-state index contributed by atoms with van der Waals surface area (Å²) in [6, 6.07) is 0. The summed E-state index contributed by atoms with van der Waals surface area (Å²) < 4.78 is 0. The molecule has 1 N–H and O–H groups in total. The SMILES string of the molecule is CC.CCC.CCC1C=CC=C(CO)C1. The molecular formula is C14H28O. The van der Waals surface area contributed by atoms with Crippen LogP contribution in [0.25, 0.3) is 0 Å². The number of hydrogen-bond donors (Lipinski definition) is 1. The van der Waals surface area contributed by atoms with Crippen LogP contribution in [0, 0.1) is 5.92 Å². The Balaban J connectivity index is 0. The van der Waals surface area contributed by atoms with E-state index >= 15 is 0 Å². The van der Waals surface area contributed by atoms with Gasteiger partial charge in [-0.2, -0.15) is 0 Å². The van der Waals surface area contributed by atoms with Crippen LogP contribution in [0.5, 0.6) is 0 Å². The third kappa shape index (κ3) is 9.74. The van der Waals surface area contributed by atoms with E-state index in [1.54, 1.807) is 0 Å². The van der Waals surface area contributed by atoms with Crippen LogP contribution in [-0.4, -0.2) is 11.7 Å². The zero-order chi connectivity index (χ0) is 12.1. The first-order chi connectivity index (χ1) is 7.28. The molecule has 1 atom stereocenters. The van der Waals surface area contributed by atoms with Crippen LogP contribution in [-0.2, 0) is 0 Å². The smallest absolute Gasteiger partial charge is 0.0645 e. The van der Waals surface area contributed by atoms with Crippen molar-refractivity contribution in [2.75, 3.05) is 6.61 Å². The zero-order valence-corrected chi connectivity index (χ0v) is 11.1. The predicted octanol–water partition coefficient (Wildman–Crippen LogP) is 4.33. The van der Waals surface area contributed by atoms with Gasteiger partial charge in [-0.05, 0) is 24.3 Å². The van der Waals surface area contributed by atoms with Crippen molar-refractivity contribution in [3.05, 3.63) is 23.8 Å². The number of aliphatic hydroxyl groups is 1. The van der Waals surface area contributed by atoms with Gasteiger partial charge in [0.2, 0.25) is 0 Å². The number of hydrogen-bond acceptors (Lipinski definition) is 1. The van der Waals surface area contributed by atoms with Crippen LogP contribution < -0.4 is 0 Å². The Kier molecular flexibility index (Phi) is 15.1. The van der Waals surface area contributed by atoms with Crippen molar-refractivity contribution in [1.29, 1.82) is 0 Å². The Morgan fingerprint density at radius 3 is 2.20 bits per heavy atom. The molecule has 0 saturated heterocycles. The summed E-state index contributed by atoms with van der Waals surface area (Å²) >= 11 is 0. The highest BCUT2D eigenvalue weighted by molar-refractivity contribution is 5.19. The lowest BCUT2D eigenvalue weighted by atomic mass is 9.93. The third-order valence-corrected chi connectivity index (χ3v) is 1.97.